The predicted octanol–water partition coefficient (Wildman–Crippen LogP) is 5.12. The standard InChI is InChI=1S/C25H27N3O2/c1-18(2)28(25(30)21-11-9-20(10-12-21)17-26-19(3)29)24-15-13-23(14-16-24)27-22-7-5-4-6-8-22/h4-16,18,27H,17H2,1-3H3,(H,26,29). The number of anilines is 3. The third-order valence-corrected chi connectivity index (χ3v) is 4.69. The van der Waals surface area contributed by atoms with Crippen LogP contribution in [0.4, 0.5) is 17.1 Å². The molecule has 0 unspecified atom stereocenters. The van der Waals surface area contributed by atoms with Crippen LogP contribution in [0.15, 0.2) is 78.9 Å². The summed E-state index contributed by atoms with van der Waals surface area (Å²) in [7, 11) is 0. The van der Waals surface area contributed by atoms with Gasteiger partial charge in [0.15, 0.2) is 0 Å². The summed E-state index contributed by atoms with van der Waals surface area (Å²) in [5.41, 5.74) is 4.39. The maximum atomic E-state index is 13.2. The van der Waals surface area contributed by atoms with Crippen molar-refractivity contribution in [1.82, 2.24) is 5.32 Å². The van der Waals surface area contributed by atoms with Gasteiger partial charge in [-0.25, -0.2) is 0 Å². The molecule has 2 N–H and O–H groups in total. The first-order valence-electron chi connectivity index (χ1n) is 10.0. The normalized spacial score (nSPS) is 10.5. The predicted molar refractivity (Wildman–Crippen MR) is 122 cm³/mol. The fourth-order valence-corrected chi connectivity index (χ4v) is 3.17. The number of nitrogens with one attached hydrogen (secondary N) is 2. The van der Waals surface area contributed by atoms with Crippen molar-refractivity contribution in [1.29, 1.82) is 0 Å². The van der Waals surface area contributed by atoms with Crippen LogP contribution in [-0.4, -0.2) is 17.9 Å². The van der Waals surface area contributed by atoms with Gasteiger partial charge in [-0.05, 0) is 67.9 Å². The Labute approximate surface area is 177 Å². The molecule has 0 aromatic heterocycles. The van der Waals surface area contributed by atoms with Gasteiger partial charge in [-0.15, -0.1) is 0 Å². The number of nitrogens with zero attached hydrogens (tertiary/aromatic N) is 1. The van der Waals surface area contributed by atoms with Gasteiger partial charge >= 0.3 is 0 Å². The average molecular weight is 402 g/mol. The molecule has 154 valence electrons. The molecular formula is C25H27N3O2. The van der Waals surface area contributed by atoms with E-state index in [-0.39, 0.29) is 17.9 Å². The van der Waals surface area contributed by atoms with E-state index in [0.717, 1.165) is 22.6 Å². The Bertz CT molecular complexity index is 981. The molecule has 5 nitrogen and oxygen atoms in total. The maximum Gasteiger partial charge on any atom is 0.258 e. The van der Waals surface area contributed by atoms with E-state index in [0.29, 0.717) is 12.1 Å². The summed E-state index contributed by atoms with van der Waals surface area (Å²) in [6.07, 6.45) is 0. The number of carbonyl (C=O) groups is 2. The first kappa shape index (κ1) is 21.1. The number of hydrogen-bond acceptors (Lipinski definition) is 3. The van der Waals surface area contributed by atoms with Gasteiger partial charge in [0.2, 0.25) is 5.91 Å². The second-order valence-electron chi connectivity index (χ2n) is 7.41. The number of benzene rings is 3. The number of para-hydroxylation sites is 1. The smallest absolute Gasteiger partial charge is 0.258 e. The molecule has 2 amide bonds. The fraction of sp³-hybridized carbons (Fsp3) is 0.200. The molecule has 5 heteroatoms. The Balaban J connectivity index is 1.74. The second-order valence-corrected chi connectivity index (χ2v) is 7.41. The summed E-state index contributed by atoms with van der Waals surface area (Å²) >= 11 is 0. The first-order valence-corrected chi connectivity index (χ1v) is 10.0. The summed E-state index contributed by atoms with van der Waals surface area (Å²) in [5.74, 6) is -0.133. The van der Waals surface area contributed by atoms with E-state index >= 15 is 0 Å². The van der Waals surface area contributed by atoms with Gasteiger partial charge in [0.05, 0.1) is 0 Å². The SMILES string of the molecule is CC(=O)NCc1ccc(C(=O)N(c2ccc(Nc3ccccc3)cc2)C(C)C)cc1. The Morgan fingerprint density at radius 3 is 2.00 bits per heavy atom. The van der Waals surface area contributed by atoms with Gasteiger partial charge in [0.1, 0.15) is 0 Å². The Morgan fingerprint density at radius 1 is 0.833 bits per heavy atom. The van der Waals surface area contributed by atoms with Crippen LogP contribution in [0.2, 0.25) is 0 Å². The Kier molecular flexibility index (Phi) is 6.86. The highest BCUT2D eigenvalue weighted by Crippen LogP contribution is 2.24. The van der Waals surface area contributed by atoms with E-state index in [1.54, 1.807) is 17.0 Å². The molecule has 0 radical (unpaired) electrons. The monoisotopic (exact) mass is 401 g/mol. The fourth-order valence-electron chi connectivity index (χ4n) is 3.17. The molecule has 3 aromatic rings. The van der Waals surface area contributed by atoms with E-state index in [9.17, 15) is 9.59 Å². The van der Waals surface area contributed by atoms with Crippen molar-refractivity contribution in [2.24, 2.45) is 0 Å². The van der Waals surface area contributed by atoms with Crippen LogP contribution in [0.1, 0.15) is 36.7 Å². The maximum absolute atomic E-state index is 13.2. The lowest BCUT2D eigenvalue weighted by Crippen LogP contribution is -2.37. The number of carbonyl (C=O) groups excluding carboxylic acids is 2. The van der Waals surface area contributed by atoms with Gasteiger partial charge in [0.25, 0.3) is 5.91 Å². The largest absolute Gasteiger partial charge is 0.356 e. The number of rotatable bonds is 7. The second kappa shape index (κ2) is 9.74. The van der Waals surface area contributed by atoms with Gasteiger partial charge < -0.3 is 15.5 Å². The molecule has 0 saturated carbocycles. The Hall–Kier alpha value is -3.60. The zero-order valence-corrected chi connectivity index (χ0v) is 17.6. The minimum absolute atomic E-state index is 0.00416. The van der Waals surface area contributed by atoms with E-state index in [1.807, 2.05) is 80.6 Å². The van der Waals surface area contributed by atoms with Crippen molar-refractivity contribution in [3.05, 3.63) is 90.0 Å². The summed E-state index contributed by atoms with van der Waals surface area (Å²) < 4.78 is 0. The van der Waals surface area contributed by atoms with Crippen LogP contribution < -0.4 is 15.5 Å². The van der Waals surface area contributed by atoms with E-state index < -0.39 is 0 Å². The molecule has 0 aliphatic heterocycles. The summed E-state index contributed by atoms with van der Waals surface area (Å²) in [6.45, 7) is 5.94. The highest BCUT2D eigenvalue weighted by atomic mass is 16.2. The highest BCUT2D eigenvalue weighted by Gasteiger charge is 2.20. The lowest BCUT2D eigenvalue weighted by Gasteiger charge is -2.27. The van der Waals surface area contributed by atoms with Gasteiger partial charge in [-0.1, -0.05) is 30.3 Å². The number of amides is 2. The highest BCUT2D eigenvalue weighted by molar-refractivity contribution is 6.06. The third-order valence-electron chi connectivity index (χ3n) is 4.69. The zero-order chi connectivity index (χ0) is 21.5. The molecule has 3 aromatic carbocycles. The topological polar surface area (TPSA) is 61.4 Å². The molecule has 0 aliphatic rings. The van der Waals surface area contributed by atoms with Crippen LogP contribution >= 0.6 is 0 Å². The van der Waals surface area contributed by atoms with Crippen molar-refractivity contribution in [2.75, 3.05) is 10.2 Å². The van der Waals surface area contributed by atoms with Crippen LogP contribution in [0.5, 0.6) is 0 Å². The van der Waals surface area contributed by atoms with E-state index in [4.69, 9.17) is 0 Å². The summed E-state index contributed by atoms with van der Waals surface area (Å²) in [5, 5.41) is 6.11. The van der Waals surface area contributed by atoms with Crippen LogP contribution in [0.25, 0.3) is 0 Å². The first-order chi connectivity index (χ1) is 14.4. The lowest BCUT2D eigenvalue weighted by atomic mass is 10.1. The number of hydrogen-bond donors (Lipinski definition) is 2. The third kappa shape index (κ3) is 5.47. The van der Waals surface area contributed by atoms with Crippen molar-refractivity contribution < 1.29 is 9.59 Å². The molecule has 0 spiro atoms. The lowest BCUT2D eigenvalue weighted by molar-refractivity contribution is -0.119. The molecule has 0 fully saturated rings. The molecular weight excluding hydrogens is 374 g/mol. The van der Waals surface area contributed by atoms with Gasteiger partial charge in [0, 0.05) is 42.1 Å². The summed E-state index contributed by atoms with van der Waals surface area (Å²) in [6, 6.07) is 25.2. The van der Waals surface area contributed by atoms with Gasteiger partial charge in [-0.3, -0.25) is 9.59 Å². The van der Waals surface area contributed by atoms with Crippen molar-refractivity contribution in [3.8, 4) is 0 Å². The van der Waals surface area contributed by atoms with Crippen molar-refractivity contribution in [2.45, 2.75) is 33.4 Å². The molecule has 30 heavy (non-hydrogen) atoms. The minimum atomic E-state index is -0.0775. The quantitative estimate of drug-likeness (QED) is 0.577. The Morgan fingerprint density at radius 2 is 1.43 bits per heavy atom. The van der Waals surface area contributed by atoms with E-state index in [1.165, 1.54) is 6.92 Å². The molecule has 3 rings (SSSR count). The van der Waals surface area contributed by atoms with Crippen LogP contribution in [0, 0.1) is 0 Å². The van der Waals surface area contributed by atoms with Crippen molar-refractivity contribution in [3.63, 3.8) is 0 Å². The van der Waals surface area contributed by atoms with Crippen LogP contribution in [0.3, 0.4) is 0 Å². The molecule has 0 heterocycles. The molecule has 0 saturated heterocycles. The van der Waals surface area contributed by atoms with Gasteiger partial charge in [-0.2, -0.15) is 0 Å². The minimum Gasteiger partial charge on any atom is -0.356 e. The molecule has 0 bridgehead atoms. The zero-order valence-electron chi connectivity index (χ0n) is 17.6. The molecule has 0 atom stereocenters. The average Bonchev–Trinajstić information content (AvgIpc) is 2.74. The van der Waals surface area contributed by atoms with Crippen molar-refractivity contribution >= 4 is 28.9 Å². The van der Waals surface area contributed by atoms with Crippen LogP contribution in [-0.2, 0) is 11.3 Å². The van der Waals surface area contributed by atoms with E-state index in [2.05, 4.69) is 10.6 Å². The summed E-state index contributed by atoms with van der Waals surface area (Å²) in [4.78, 5) is 26.0. The molecule has 0 aliphatic carbocycles.